The van der Waals surface area contributed by atoms with Gasteiger partial charge in [0.2, 0.25) is 0 Å². The number of rotatable bonds is 4. The Labute approximate surface area is 103 Å². The lowest BCUT2D eigenvalue weighted by molar-refractivity contribution is -0.135. The maximum atomic E-state index is 13.6. The molecule has 0 atom stereocenters. The van der Waals surface area contributed by atoms with Crippen LogP contribution in [-0.2, 0) is 9.53 Å². The molecule has 0 saturated heterocycles. The molecule has 1 rings (SSSR count). The number of methoxy groups -OCH3 is 1. The fraction of sp³-hybridized carbons (Fsp3) is 0.333. The molecule has 4 nitrogen and oxygen atoms in total. The molecule has 0 amide bonds. The van der Waals surface area contributed by atoms with Gasteiger partial charge < -0.3 is 9.47 Å². The molecule has 0 fully saturated rings. The third-order valence-electron chi connectivity index (χ3n) is 1.99. The lowest BCUT2D eigenvalue weighted by Crippen LogP contribution is -2.19. The number of halogens is 2. The van der Waals surface area contributed by atoms with Crippen molar-refractivity contribution in [2.24, 2.45) is 0 Å². The average molecular weight is 258 g/mol. The standard InChI is InChI=1S/C12H12F2O4/c1-6(2)18-7-4-8(13)10(9(14)5-7)11(15)12(16)17-3/h4-6H,1-3H3. The second-order valence-electron chi connectivity index (χ2n) is 3.75. The van der Waals surface area contributed by atoms with Gasteiger partial charge in [0, 0.05) is 12.1 Å². The van der Waals surface area contributed by atoms with Crippen molar-refractivity contribution >= 4 is 11.8 Å². The zero-order valence-electron chi connectivity index (χ0n) is 10.1. The number of Topliss-reactive ketones (excluding diaryl/α,β-unsaturated/α-hetero) is 1. The van der Waals surface area contributed by atoms with Gasteiger partial charge in [-0.15, -0.1) is 0 Å². The molecule has 0 N–H and O–H groups in total. The van der Waals surface area contributed by atoms with Crippen molar-refractivity contribution in [2.75, 3.05) is 7.11 Å². The van der Waals surface area contributed by atoms with Gasteiger partial charge in [0.05, 0.1) is 13.2 Å². The van der Waals surface area contributed by atoms with E-state index in [4.69, 9.17) is 4.74 Å². The second kappa shape index (κ2) is 5.57. The quantitative estimate of drug-likeness (QED) is 0.471. The zero-order valence-corrected chi connectivity index (χ0v) is 10.1. The summed E-state index contributed by atoms with van der Waals surface area (Å²) in [7, 11) is 0.951. The monoisotopic (exact) mass is 258 g/mol. The van der Waals surface area contributed by atoms with Gasteiger partial charge in [-0.3, -0.25) is 4.79 Å². The van der Waals surface area contributed by atoms with Crippen molar-refractivity contribution < 1.29 is 27.8 Å². The van der Waals surface area contributed by atoms with Crippen molar-refractivity contribution in [3.05, 3.63) is 29.3 Å². The molecule has 0 unspecified atom stereocenters. The summed E-state index contributed by atoms with van der Waals surface area (Å²) < 4.78 is 36.3. The highest BCUT2D eigenvalue weighted by atomic mass is 19.1. The average Bonchev–Trinajstić information content (AvgIpc) is 2.25. The highest BCUT2D eigenvalue weighted by molar-refractivity contribution is 6.40. The summed E-state index contributed by atoms with van der Waals surface area (Å²) in [6, 6.07) is 1.69. The first-order valence-corrected chi connectivity index (χ1v) is 5.15. The van der Waals surface area contributed by atoms with Gasteiger partial charge in [-0.2, -0.15) is 0 Å². The normalized spacial score (nSPS) is 10.3. The Morgan fingerprint density at radius 3 is 2.06 bits per heavy atom. The molecule has 0 heterocycles. The molecule has 1 aromatic carbocycles. The van der Waals surface area contributed by atoms with Crippen LogP contribution in [0.3, 0.4) is 0 Å². The molecule has 1 aromatic rings. The van der Waals surface area contributed by atoms with Crippen molar-refractivity contribution in [3.63, 3.8) is 0 Å². The SMILES string of the molecule is COC(=O)C(=O)c1c(F)cc(OC(C)C)cc1F. The lowest BCUT2D eigenvalue weighted by atomic mass is 10.1. The van der Waals surface area contributed by atoms with Crippen LogP contribution in [0.1, 0.15) is 24.2 Å². The van der Waals surface area contributed by atoms with Crippen LogP contribution in [-0.4, -0.2) is 25.0 Å². The summed E-state index contributed by atoms with van der Waals surface area (Å²) in [4.78, 5) is 22.3. The van der Waals surface area contributed by atoms with Crippen LogP contribution in [0, 0.1) is 11.6 Å². The topological polar surface area (TPSA) is 52.6 Å². The van der Waals surface area contributed by atoms with Gasteiger partial charge in [-0.1, -0.05) is 0 Å². The molecule has 0 saturated carbocycles. The Morgan fingerprint density at radius 1 is 1.17 bits per heavy atom. The molecular weight excluding hydrogens is 246 g/mol. The Bertz CT molecular complexity index is 460. The first-order valence-electron chi connectivity index (χ1n) is 5.15. The van der Waals surface area contributed by atoms with E-state index in [2.05, 4.69) is 4.74 Å². The number of ether oxygens (including phenoxy) is 2. The van der Waals surface area contributed by atoms with E-state index in [1.165, 1.54) is 0 Å². The van der Waals surface area contributed by atoms with Gasteiger partial charge in [-0.05, 0) is 13.8 Å². The summed E-state index contributed by atoms with van der Waals surface area (Å²) in [6.45, 7) is 3.37. The highest BCUT2D eigenvalue weighted by Crippen LogP contribution is 2.22. The summed E-state index contributed by atoms with van der Waals surface area (Å²) in [6.07, 6.45) is -0.272. The smallest absolute Gasteiger partial charge is 0.379 e. The maximum absolute atomic E-state index is 13.6. The summed E-state index contributed by atoms with van der Waals surface area (Å²) >= 11 is 0. The molecule has 0 aliphatic carbocycles. The number of hydrogen-bond donors (Lipinski definition) is 0. The number of hydrogen-bond acceptors (Lipinski definition) is 4. The number of carbonyl (C=O) groups excluding carboxylic acids is 2. The maximum Gasteiger partial charge on any atom is 0.379 e. The highest BCUT2D eigenvalue weighted by Gasteiger charge is 2.25. The lowest BCUT2D eigenvalue weighted by Gasteiger charge is -2.11. The van der Waals surface area contributed by atoms with Crippen LogP contribution in [0.5, 0.6) is 5.75 Å². The summed E-state index contributed by atoms with van der Waals surface area (Å²) in [5.74, 6) is -5.09. The van der Waals surface area contributed by atoms with Crippen LogP contribution < -0.4 is 4.74 Å². The minimum atomic E-state index is -1.37. The van der Waals surface area contributed by atoms with Crippen molar-refractivity contribution in [1.82, 2.24) is 0 Å². The van der Waals surface area contributed by atoms with Crippen LogP contribution >= 0.6 is 0 Å². The summed E-state index contributed by atoms with van der Waals surface area (Å²) in [5, 5.41) is 0. The second-order valence-corrected chi connectivity index (χ2v) is 3.75. The molecule has 6 heteroatoms. The molecule has 0 bridgehead atoms. The van der Waals surface area contributed by atoms with E-state index in [0.29, 0.717) is 0 Å². The number of ketones is 1. The fourth-order valence-corrected chi connectivity index (χ4v) is 1.30. The van der Waals surface area contributed by atoms with E-state index < -0.39 is 29.0 Å². The van der Waals surface area contributed by atoms with E-state index in [-0.39, 0.29) is 11.9 Å². The van der Waals surface area contributed by atoms with E-state index >= 15 is 0 Å². The van der Waals surface area contributed by atoms with Gasteiger partial charge >= 0.3 is 5.97 Å². The Hall–Kier alpha value is -1.98. The molecule has 0 radical (unpaired) electrons. The molecule has 0 aliphatic rings. The molecule has 0 aromatic heterocycles. The van der Waals surface area contributed by atoms with Crippen molar-refractivity contribution in [2.45, 2.75) is 20.0 Å². The van der Waals surface area contributed by atoms with Crippen LogP contribution in [0.15, 0.2) is 12.1 Å². The van der Waals surface area contributed by atoms with Crippen LogP contribution in [0.4, 0.5) is 8.78 Å². The summed E-state index contributed by atoms with van der Waals surface area (Å²) in [5.41, 5.74) is -0.946. The van der Waals surface area contributed by atoms with Gasteiger partial charge in [0.1, 0.15) is 22.9 Å². The molecule has 18 heavy (non-hydrogen) atoms. The molecular formula is C12H12F2O4. The predicted octanol–water partition coefficient (Wildman–Crippen LogP) is 2.11. The minimum absolute atomic E-state index is 0.0542. The first kappa shape index (κ1) is 14.1. The van der Waals surface area contributed by atoms with E-state index in [1.54, 1.807) is 13.8 Å². The molecule has 98 valence electrons. The van der Waals surface area contributed by atoms with Gasteiger partial charge in [-0.25, -0.2) is 13.6 Å². The predicted molar refractivity (Wildman–Crippen MR) is 58.5 cm³/mol. The van der Waals surface area contributed by atoms with Gasteiger partial charge in [0.25, 0.3) is 5.78 Å². The van der Waals surface area contributed by atoms with Crippen LogP contribution in [0.25, 0.3) is 0 Å². The minimum Gasteiger partial charge on any atom is -0.491 e. The van der Waals surface area contributed by atoms with Crippen molar-refractivity contribution in [1.29, 1.82) is 0 Å². The number of esters is 1. The van der Waals surface area contributed by atoms with E-state index in [1.807, 2.05) is 0 Å². The van der Waals surface area contributed by atoms with E-state index in [9.17, 15) is 18.4 Å². The Morgan fingerprint density at radius 2 is 1.67 bits per heavy atom. The first-order chi connectivity index (χ1) is 8.36. The van der Waals surface area contributed by atoms with Gasteiger partial charge in [0.15, 0.2) is 0 Å². The Kier molecular flexibility index (Phi) is 4.36. The van der Waals surface area contributed by atoms with Crippen molar-refractivity contribution in [3.8, 4) is 5.75 Å². The number of carbonyl (C=O) groups is 2. The van der Waals surface area contributed by atoms with Crippen LogP contribution in [0.2, 0.25) is 0 Å². The number of benzene rings is 1. The zero-order chi connectivity index (χ0) is 13.9. The third-order valence-corrected chi connectivity index (χ3v) is 1.99. The molecule has 0 spiro atoms. The fourth-order valence-electron chi connectivity index (χ4n) is 1.30. The van der Waals surface area contributed by atoms with E-state index in [0.717, 1.165) is 19.2 Å². The largest absolute Gasteiger partial charge is 0.491 e. The Balaban J connectivity index is 3.16. The third kappa shape index (κ3) is 3.03. The molecule has 0 aliphatic heterocycles.